The van der Waals surface area contributed by atoms with Crippen molar-refractivity contribution in [3.63, 3.8) is 0 Å². The first kappa shape index (κ1) is 24.0. The molecule has 0 atom stereocenters. The highest BCUT2D eigenvalue weighted by atomic mass is 16.1. The third-order valence-corrected chi connectivity index (χ3v) is 6.54. The van der Waals surface area contributed by atoms with E-state index in [1.54, 1.807) is 0 Å². The Balaban J connectivity index is 1.29. The molecule has 2 aromatic carbocycles. The summed E-state index contributed by atoms with van der Waals surface area (Å²) >= 11 is 0. The zero-order valence-corrected chi connectivity index (χ0v) is 20.9. The Kier molecular flexibility index (Phi) is 7.68. The van der Waals surface area contributed by atoms with Crippen LogP contribution in [0.1, 0.15) is 36.4 Å². The molecule has 0 spiro atoms. The van der Waals surface area contributed by atoms with Gasteiger partial charge in [0.2, 0.25) is 5.91 Å². The summed E-state index contributed by atoms with van der Waals surface area (Å²) in [6.45, 7) is 14.4. The van der Waals surface area contributed by atoms with Gasteiger partial charge in [-0.2, -0.15) is 5.10 Å². The van der Waals surface area contributed by atoms with Gasteiger partial charge in [0.1, 0.15) is 0 Å². The Morgan fingerprint density at radius 1 is 0.971 bits per heavy atom. The highest BCUT2D eigenvalue weighted by molar-refractivity contribution is 5.92. The Morgan fingerprint density at radius 3 is 2.29 bits per heavy atom. The van der Waals surface area contributed by atoms with Gasteiger partial charge in [0.05, 0.1) is 12.1 Å². The van der Waals surface area contributed by atoms with Gasteiger partial charge in [-0.15, -0.1) is 0 Å². The van der Waals surface area contributed by atoms with Crippen LogP contribution in [0.15, 0.2) is 54.6 Å². The molecule has 6 heteroatoms. The van der Waals surface area contributed by atoms with Gasteiger partial charge in [0.15, 0.2) is 0 Å². The van der Waals surface area contributed by atoms with E-state index in [4.69, 9.17) is 0 Å². The summed E-state index contributed by atoms with van der Waals surface area (Å²) in [5.41, 5.74) is 6.47. The molecule has 0 aliphatic carbocycles. The fourth-order valence-corrected chi connectivity index (χ4v) is 4.64. The Morgan fingerprint density at radius 2 is 1.65 bits per heavy atom. The van der Waals surface area contributed by atoms with Crippen molar-refractivity contribution in [1.82, 2.24) is 14.7 Å². The summed E-state index contributed by atoms with van der Waals surface area (Å²) < 4.78 is 2.02. The monoisotopic (exact) mass is 459 g/mol. The van der Waals surface area contributed by atoms with Crippen molar-refractivity contribution >= 4 is 17.3 Å². The normalized spacial score (nSPS) is 14.6. The van der Waals surface area contributed by atoms with Gasteiger partial charge in [0.25, 0.3) is 0 Å². The van der Waals surface area contributed by atoms with Gasteiger partial charge in [0, 0.05) is 61.9 Å². The predicted octanol–water partition coefficient (Wildman–Crippen LogP) is 4.66. The van der Waals surface area contributed by atoms with Gasteiger partial charge < -0.3 is 10.2 Å². The van der Waals surface area contributed by atoms with Crippen molar-refractivity contribution in [3.8, 4) is 0 Å². The molecule has 2 heterocycles. The van der Waals surface area contributed by atoms with E-state index >= 15 is 0 Å². The van der Waals surface area contributed by atoms with Gasteiger partial charge >= 0.3 is 0 Å². The second kappa shape index (κ2) is 10.9. The van der Waals surface area contributed by atoms with E-state index in [9.17, 15) is 4.79 Å². The largest absolute Gasteiger partial charge is 0.369 e. The number of anilines is 2. The first-order valence-corrected chi connectivity index (χ1v) is 12.3. The molecule has 4 rings (SSSR count). The molecule has 3 aromatic rings. The van der Waals surface area contributed by atoms with Crippen LogP contribution in [0.2, 0.25) is 0 Å². The number of aromatic nitrogens is 2. The summed E-state index contributed by atoms with van der Waals surface area (Å²) in [5.74, 6) is 0.516. The van der Waals surface area contributed by atoms with Crippen LogP contribution in [0.4, 0.5) is 11.4 Å². The van der Waals surface area contributed by atoms with Crippen LogP contribution in [-0.2, 0) is 24.3 Å². The number of nitrogens with one attached hydrogen (secondary N) is 1. The molecule has 0 bridgehead atoms. The maximum Gasteiger partial charge on any atom is 0.228 e. The molecule has 1 fully saturated rings. The highest BCUT2D eigenvalue weighted by Crippen LogP contribution is 2.21. The second-order valence-electron chi connectivity index (χ2n) is 9.75. The van der Waals surface area contributed by atoms with Crippen molar-refractivity contribution < 1.29 is 4.79 Å². The average molecular weight is 460 g/mol. The zero-order chi connectivity index (χ0) is 24.1. The number of aryl methyl sites for hydroxylation is 1. The molecular formula is C28H37N5O. The molecule has 0 unspecified atom stereocenters. The first-order chi connectivity index (χ1) is 16.4. The van der Waals surface area contributed by atoms with E-state index in [0.717, 1.165) is 61.9 Å². The van der Waals surface area contributed by atoms with Crippen LogP contribution < -0.4 is 10.2 Å². The Bertz CT molecular complexity index is 1080. The third-order valence-electron chi connectivity index (χ3n) is 6.54. The average Bonchev–Trinajstić information content (AvgIpc) is 3.07. The van der Waals surface area contributed by atoms with E-state index in [2.05, 4.69) is 83.5 Å². The number of amides is 1. The van der Waals surface area contributed by atoms with Crippen molar-refractivity contribution in [3.05, 3.63) is 77.1 Å². The fourth-order valence-electron chi connectivity index (χ4n) is 4.64. The standard InChI is InChI=1S/C28H37N5O/c1-21(2)19-33-23(4)27(22(3)30-33)18-28(34)29-25-10-12-26(13-11-25)32-16-14-31(15-17-32)20-24-8-6-5-7-9-24/h5-13,21H,14-20H2,1-4H3,(H,29,34). The molecular weight excluding hydrogens is 422 g/mol. The molecule has 0 saturated carbocycles. The van der Waals surface area contributed by atoms with Gasteiger partial charge in [-0.1, -0.05) is 44.2 Å². The molecule has 34 heavy (non-hydrogen) atoms. The molecule has 1 aromatic heterocycles. The summed E-state index contributed by atoms with van der Waals surface area (Å²) in [7, 11) is 0. The van der Waals surface area contributed by atoms with Crippen LogP contribution >= 0.6 is 0 Å². The van der Waals surface area contributed by atoms with E-state index in [1.165, 1.54) is 11.3 Å². The number of nitrogens with zero attached hydrogens (tertiary/aromatic N) is 4. The number of benzene rings is 2. The van der Waals surface area contributed by atoms with E-state index in [1.807, 2.05) is 23.7 Å². The van der Waals surface area contributed by atoms with Crippen LogP contribution in [0.25, 0.3) is 0 Å². The maximum absolute atomic E-state index is 12.7. The lowest BCUT2D eigenvalue weighted by Gasteiger charge is -2.36. The fraction of sp³-hybridized carbons (Fsp3) is 0.429. The van der Waals surface area contributed by atoms with Crippen LogP contribution in [0.5, 0.6) is 0 Å². The smallest absolute Gasteiger partial charge is 0.228 e. The quantitative estimate of drug-likeness (QED) is 0.532. The van der Waals surface area contributed by atoms with E-state index in [0.29, 0.717) is 12.3 Å². The summed E-state index contributed by atoms with van der Waals surface area (Å²) in [5, 5.41) is 7.69. The molecule has 0 radical (unpaired) electrons. The molecule has 180 valence electrons. The minimum atomic E-state index is -0.00225. The van der Waals surface area contributed by atoms with E-state index < -0.39 is 0 Å². The van der Waals surface area contributed by atoms with Crippen molar-refractivity contribution in [1.29, 1.82) is 0 Å². The summed E-state index contributed by atoms with van der Waals surface area (Å²) in [4.78, 5) is 17.7. The Hall–Kier alpha value is -3.12. The van der Waals surface area contributed by atoms with Gasteiger partial charge in [-0.3, -0.25) is 14.4 Å². The van der Waals surface area contributed by atoms with E-state index in [-0.39, 0.29) is 5.91 Å². The minimum absolute atomic E-state index is 0.00225. The number of carbonyl (C=O) groups is 1. The second-order valence-corrected chi connectivity index (χ2v) is 9.75. The number of carbonyl (C=O) groups excluding carboxylic acids is 1. The summed E-state index contributed by atoms with van der Waals surface area (Å²) in [6.07, 6.45) is 0.348. The molecule has 6 nitrogen and oxygen atoms in total. The lowest BCUT2D eigenvalue weighted by Crippen LogP contribution is -2.45. The van der Waals surface area contributed by atoms with Crippen LogP contribution in [0.3, 0.4) is 0 Å². The Labute approximate surface area is 203 Å². The molecule has 1 aliphatic rings. The first-order valence-electron chi connectivity index (χ1n) is 12.3. The number of rotatable bonds is 8. The van der Waals surface area contributed by atoms with Crippen LogP contribution in [0, 0.1) is 19.8 Å². The highest BCUT2D eigenvalue weighted by Gasteiger charge is 2.18. The number of piperazine rings is 1. The topological polar surface area (TPSA) is 53.4 Å². The maximum atomic E-state index is 12.7. The van der Waals surface area contributed by atoms with Crippen LogP contribution in [-0.4, -0.2) is 46.8 Å². The molecule has 1 saturated heterocycles. The minimum Gasteiger partial charge on any atom is -0.369 e. The van der Waals surface area contributed by atoms with Gasteiger partial charge in [-0.25, -0.2) is 0 Å². The lowest BCUT2D eigenvalue weighted by atomic mass is 10.1. The van der Waals surface area contributed by atoms with Crippen molar-refractivity contribution in [2.24, 2.45) is 5.92 Å². The molecule has 1 N–H and O–H groups in total. The third kappa shape index (κ3) is 6.06. The number of hydrogen-bond donors (Lipinski definition) is 1. The number of hydrogen-bond acceptors (Lipinski definition) is 4. The van der Waals surface area contributed by atoms with Gasteiger partial charge in [-0.05, 0) is 49.6 Å². The SMILES string of the molecule is Cc1nn(CC(C)C)c(C)c1CC(=O)Nc1ccc(N2CCN(Cc3ccccc3)CC2)cc1. The molecule has 1 amide bonds. The molecule has 1 aliphatic heterocycles. The predicted molar refractivity (Wildman–Crippen MR) is 139 cm³/mol. The zero-order valence-electron chi connectivity index (χ0n) is 20.9. The summed E-state index contributed by atoms with van der Waals surface area (Å²) in [6, 6.07) is 18.9. The van der Waals surface area contributed by atoms with Crippen molar-refractivity contribution in [2.45, 2.75) is 47.2 Å². The lowest BCUT2D eigenvalue weighted by molar-refractivity contribution is -0.115. The van der Waals surface area contributed by atoms with Crippen molar-refractivity contribution in [2.75, 3.05) is 36.4 Å².